The lowest BCUT2D eigenvalue weighted by atomic mass is 9.87. The van der Waals surface area contributed by atoms with Crippen molar-refractivity contribution in [2.45, 2.75) is 16.6 Å². The molecule has 0 fully saturated rings. The number of nitrogens with zero attached hydrogens (tertiary/aromatic N) is 1. The Morgan fingerprint density at radius 1 is 1.06 bits per heavy atom. The molecule has 2 unspecified atom stereocenters. The minimum atomic E-state index is -4.02. The molecule has 2 bridgehead atoms. The van der Waals surface area contributed by atoms with Gasteiger partial charge in [0.15, 0.2) is 0 Å². The molecule has 9 nitrogen and oxygen atoms in total. The Morgan fingerprint density at radius 2 is 1.73 bits per heavy atom. The Hall–Kier alpha value is -3.21. The van der Waals surface area contributed by atoms with E-state index in [1.165, 1.54) is 20.3 Å². The van der Waals surface area contributed by atoms with Crippen molar-refractivity contribution in [2.24, 2.45) is 0 Å². The van der Waals surface area contributed by atoms with Crippen molar-refractivity contribution < 1.29 is 32.2 Å². The Kier molecular flexibility index (Phi) is 5.77. The molecule has 0 saturated carbocycles. The molecule has 10 heteroatoms. The minimum Gasteiger partial charge on any atom is -0.466 e. The molecule has 0 radical (unpaired) electrons. The van der Waals surface area contributed by atoms with Crippen LogP contribution in [-0.2, 0) is 33.8 Å². The van der Waals surface area contributed by atoms with Crippen molar-refractivity contribution in [2.75, 3.05) is 39.8 Å². The summed E-state index contributed by atoms with van der Waals surface area (Å²) < 4.78 is 44.8. The van der Waals surface area contributed by atoms with Gasteiger partial charge in [0.2, 0.25) is 10.0 Å². The van der Waals surface area contributed by atoms with Crippen LogP contribution in [0, 0.1) is 0 Å². The van der Waals surface area contributed by atoms with Gasteiger partial charge in [-0.05, 0) is 18.2 Å². The van der Waals surface area contributed by atoms with Crippen LogP contribution in [0.5, 0.6) is 0 Å². The normalized spacial score (nSPS) is 21.5. The van der Waals surface area contributed by atoms with Crippen LogP contribution in [0.2, 0.25) is 0 Å². The molecule has 2 aliphatic rings. The van der Waals surface area contributed by atoms with Crippen LogP contribution in [-0.4, -0.2) is 66.9 Å². The molecule has 0 aromatic heterocycles. The number of sulfonamides is 1. The van der Waals surface area contributed by atoms with Gasteiger partial charge >= 0.3 is 11.9 Å². The predicted molar refractivity (Wildman–Crippen MR) is 121 cm³/mol. The fourth-order valence-corrected chi connectivity index (χ4v) is 5.57. The van der Waals surface area contributed by atoms with Crippen molar-refractivity contribution in [3.63, 3.8) is 0 Å². The zero-order valence-electron chi connectivity index (χ0n) is 18.6. The summed E-state index contributed by atoms with van der Waals surface area (Å²) in [5.74, 6) is -1.53. The minimum absolute atomic E-state index is 0.00633. The van der Waals surface area contributed by atoms with Gasteiger partial charge in [0.25, 0.3) is 0 Å². The van der Waals surface area contributed by atoms with Crippen molar-refractivity contribution >= 4 is 38.4 Å². The molecule has 0 amide bonds. The van der Waals surface area contributed by atoms with Gasteiger partial charge in [0.05, 0.1) is 30.3 Å². The van der Waals surface area contributed by atoms with Crippen molar-refractivity contribution in [3.05, 3.63) is 59.7 Å². The van der Waals surface area contributed by atoms with Crippen LogP contribution in [0.4, 0.5) is 5.69 Å². The average molecular weight is 473 g/mol. The molecule has 0 saturated heterocycles. The van der Waals surface area contributed by atoms with Crippen molar-refractivity contribution in [1.29, 1.82) is 0 Å². The van der Waals surface area contributed by atoms with E-state index in [0.29, 0.717) is 5.39 Å². The maximum atomic E-state index is 13.3. The first-order valence-electron chi connectivity index (χ1n) is 10.1. The van der Waals surface area contributed by atoms with E-state index in [1.807, 2.05) is 31.1 Å². The maximum Gasteiger partial charge on any atom is 0.337 e. The molecule has 0 spiro atoms. The molecule has 0 aliphatic carbocycles. The largest absolute Gasteiger partial charge is 0.466 e. The van der Waals surface area contributed by atoms with Crippen LogP contribution in [0.3, 0.4) is 0 Å². The smallest absolute Gasteiger partial charge is 0.337 e. The number of fused-ring (bicyclic) bond motifs is 3. The lowest BCUT2D eigenvalue weighted by Gasteiger charge is -2.26. The van der Waals surface area contributed by atoms with Gasteiger partial charge in [-0.1, -0.05) is 30.3 Å². The summed E-state index contributed by atoms with van der Waals surface area (Å²) in [7, 11) is 2.11. The van der Waals surface area contributed by atoms with E-state index in [-0.39, 0.29) is 22.6 Å². The molecule has 2 aromatic carbocycles. The SMILES string of the molecule is COC(=O)C1=C(C(=O)OC)C2(CNS(=O)(=O)c3cccc4c(N(C)C)cccc34)C=CC1O2. The molecule has 2 heterocycles. The van der Waals surface area contributed by atoms with Gasteiger partial charge in [0, 0.05) is 37.1 Å². The standard InChI is InChI=1S/C23H24N2O7S/c1-25(2)16-9-5-8-15-14(16)7-6-10-18(15)33(28,29)24-13-23-12-11-17(32-23)19(21(26)30-3)20(23)22(27)31-4/h5-12,17,24H,13H2,1-4H3. The highest BCUT2D eigenvalue weighted by Gasteiger charge is 2.54. The number of esters is 2. The number of methoxy groups -OCH3 is 2. The molecule has 1 N–H and O–H groups in total. The monoisotopic (exact) mass is 472 g/mol. The number of nitrogens with one attached hydrogen (secondary N) is 1. The van der Waals surface area contributed by atoms with Crippen molar-refractivity contribution in [1.82, 2.24) is 4.72 Å². The van der Waals surface area contributed by atoms with E-state index in [4.69, 9.17) is 14.2 Å². The zero-order chi connectivity index (χ0) is 24.0. The number of carbonyl (C=O) groups is 2. The fraction of sp³-hybridized carbons (Fsp3) is 0.304. The predicted octanol–water partition coefficient (Wildman–Crippen LogP) is 1.53. The lowest BCUT2D eigenvalue weighted by Crippen LogP contribution is -2.44. The highest BCUT2D eigenvalue weighted by Crippen LogP contribution is 2.44. The van der Waals surface area contributed by atoms with E-state index < -0.39 is 33.7 Å². The Morgan fingerprint density at radius 3 is 2.39 bits per heavy atom. The number of benzene rings is 2. The number of hydrogen-bond acceptors (Lipinski definition) is 8. The van der Waals surface area contributed by atoms with Gasteiger partial charge in [-0.3, -0.25) is 0 Å². The summed E-state index contributed by atoms with van der Waals surface area (Å²) in [6, 6.07) is 10.5. The van der Waals surface area contributed by atoms with Gasteiger partial charge in [-0.2, -0.15) is 0 Å². The number of hydrogen-bond donors (Lipinski definition) is 1. The van der Waals surface area contributed by atoms with Crippen molar-refractivity contribution in [3.8, 4) is 0 Å². The molecule has 2 aromatic rings. The second-order valence-corrected chi connectivity index (χ2v) is 9.64. The van der Waals surface area contributed by atoms with Gasteiger partial charge in [-0.15, -0.1) is 0 Å². The van der Waals surface area contributed by atoms with E-state index in [1.54, 1.807) is 30.4 Å². The van der Waals surface area contributed by atoms with E-state index in [2.05, 4.69) is 4.72 Å². The van der Waals surface area contributed by atoms with E-state index in [0.717, 1.165) is 11.1 Å². The number of anilines is 1. The third kappa shape index (κ3) is 3.69. The summed E-state index contributed by atoms with van der Waals surface area (Å²) in [5, 5.41) is 1.34. The molecular weight excluding hydrogens is 448 g/mol. The van der Waals surface area contributed by atoms with Crippen LogP contribution in [0.25, 0.3) is 10.8 Å². The Balaban J connectivity index is 1.72. The third-order valence-corrected chi connectivity index (χ3v) is 7.26. The quantitative estimate of drug-likeness (QED) is 0.477. The van der Waals surface area contributed by atoms with Crippen LogP contribution >= 0.6 is 0 Å². The zero-order valence-corrected chi connectivity index (χ0v) is 19.4. The summed E-state index contributed by atoms with van der Waals surface area (Å²) in [4.78, 5) is 26.8. The van der Waals surface area contributed by atoms with Crippen LogP contribution in [0.1, 0.15) is 0 Å². The third-order valence-electron chi connectivity index (χ3n) is 5.80. The maximum absolute atomic E-state index is 13.3. The Labute approximate surface area is 191 Å². The average Bonchev–Trinajstić information content (AvgIpc) is 3.38. The fourth-order valence-electron chi connectivity index (χ4n) is 4.29. The first-order chi connectivity index (χ1) is 15.6. The van der Waals surface area contributed by atoms with E-state index >= 15 is 0 Å². The summed E-state index contributed by atoms with van der Waals surface area (Å²) >= 11 is 0. The van der Waals surface area contributed by atoms with Gasteiger partial charge in [0.1, 0.15) is 11.7 Å². The first-order valence-corrected chi connectivity index (χ1v) is 11.6. The number of rotatable bonds is 7. The molecule has 33 heavy (non-hydrogen) atoms. The second-order valence-electron chi connectivity index (χ2n) is 7.91. The Bertz CT molecular complexity index is 1310. The summed E-state index contributed by atoms with van der Waals surface area (Å²) in [6.45, 7) is -0.309. The summed E-state index contributed by atoms with van der Waals surface area (Å²) in [6.07, 6.45) is 2.33. The van der Waals surface area contributed by atoms with Gasteiger partial charge < -0.3 is 19.1 Å². The topological polar surface area (TPSA) is 111 Å². The van der Waals surface area contributed by atoms with Gasteiger partial charge in [-0.25, -0.2) is 22.7 Å². The number of carbonyl (C=O) groups excluding carboxylic acids is 2. The second kappa shape index (κ2) is 8.29. The summed E-state index contributed by atoms with van der Waals surface area (Å²) in [5.41, 5.74) is -0.664. The molecule has 2 aliphatic heterocycles. The first kappa shape index (κ1) is 23.0. The lowest BCUT2D eigenvalue weighted by molar-refractivity contribution is -0.139. The molecular formula is C23H24N2O7S. The highest BCUT2D eigenvalue weighted by molar-refractivity contribution is 7.89. The molecule has 174 valence electrons. The molecule has 2 atom stereocenters. The van der Waals surface area contributed by atoms with Crippen LogP contribution in [0.15, 0.2) is 64.6 Å². The molecule has 4 rings (SSSR count). The van der Waals surface area contributed by atoms with Crippen LogP contribution < -0.4 is 9.62 Å². The van der Waals surface area contributed by atoms with E-state index in [9.17, 15) is 18.0 Å². The highest BCUT2D eigenvalue weighted by atomic mass is 32.2. The number of ether oxygens (including phenoxy) is 3.